The van der Waals surface area contributed by atoms with Gasteiger partial charge in [-0.25, -0.2) is 13.2 Å². The van der Waals surface area contributed by atoms with Crippen LogP contribution in [0.3, 0.4) is 0 Å². The third-order valence-electron chi connectivity index (χ3n) is 3.11. The molecular formula is C17H20O5S2. The Morgan fingerprint density at radius 2 is 1.54 bits per heavy atom. The van der Waals surface area contributed by atoms with Crippen LogP contribution in [0.2, 0.25) is 0 Å². The second kappa shape index (κ2) is 8.86. The van der Waals surface area contributed by atoms with Crippen LogP contribution in [0.25, 0.3) is 0 Å². The molecular weight excluding hydrogens is 348 g/mol. The molecule has 7 heteroatoms. The van der Waals surface area contributed by atoms with Crippen LogP contribution >= 0.6 is 0 Å². The fraction of sp³-hybridized carbons (Fsp3) is 0.235. The number of hydrogen-bond acceptors (Lipinski definition) is 4. The first-order valence-corrected chi connectivity index (χ1v) is 10.5. The second-order valence-corrected chi connectivity index (χ2v) is 8.89. The molecule has 0 aliphatic carbocycles. The highest BCUT2D eigenvalue weighted by atomic mass is 32.2. The zero-order valence-corrected chi connectivity index (χ0v) is 15.3. The molecule has 0 bridgehead atoms. The molecule has 0 saturated carbocycles. The van der Waals surface area contributed by atoms with Gasteiger partial charge in [-0.1, -0.05) is 48.0 Å². The average Bonchev–Trinajstić information content (AvgIpc) is 2.47. The topological polar surface area (TPSA) is 94.5 Å². The van der Waals surface area contributed by atoms with Crippen LogP contribution in [-0.2, 0) is 25.8 Å². The minimum absolute atomic E-state index is 0.134. The number of carboxylic acids is 1. The predicted octanol–water partition coefficient (Wildman–Crippen LogP) is 2.59. The van der Waals surface area contributed by atoms with E-state index >= 15 is 0 Å². The first kappa shape index (κ1) is 20.2. The maximum Gasteiger partial charge on any atom is 0.361 e. The van der Waals surface area contributed by atoms with Crippen LogP contribution in [0.5, 0.6) is 0 Å². The van der Waals surface area contributed by atoms with Crippen molar-refractivity contribution in [1.29, 1.82) is 0 Å². The summed E-state index contributed by atoms with van der Waals surface area (Å²) in [5.41, 5.74) is 1.82. The summed E-state index contributed by atoms with van der Waals surface area (Å²) < 4.78 is 31.2. The highest BCUT2D eigenvalue weighted by Crippen LogP contribution is 2.21. The molecule has 1 atom stereocenters. The van der Waals surface area contributed by atoms with E-state index in [9.17, 15) is 17.8 Å². The van der Waals surface area contributed by atoms with Crippen molar-refractivity contribution >= 4 is 27.0 Å². The van der Waals surface area contributed by atoms with Gasteiger partial charge in [0, 0.05) is 16.5 Å². The van der Waals surface area contributed by atoms with E-state index < -0.39 is 16.1 Å². The van der Waals surface area contributed by atoms with E-state index in [4.69, 9.17) is 5.11 Å². The lowest BCUT2D eigenvalue weighted by atomic mass is 10.1. The Morgan fingerprint density at radius 1 is 1.04 bits per heavy atom. The van der Waals surface area contributed by atoms with Crippen LogP contribution in [0.15, 0.2) is 59.5 Å². The average molecular weight is 368 g/mol. The third kappa shape index (κ3) is 6.35. The number of aliphatic carboxylic acids is 1. The van der Waals surface area contributed by atoms with Crippen LogP contribution in [0, 0.1) is 6.92 Å². The van der Waals surface area contributed by atoms with Gasteiger partial charge in [-0.05, 0) is 19.1 Å². The largest absolute Gasteiger partial charge is 0.744 e. The molecule has 2 aromatic carbocycles. The second-order valence-electron chi connectivity index (χ2n) is 5.28. The summed E-state index contributed by atoms with van der Waals surface area (Å²) in [5, 5.41) is 8.64. The first-order chi connectivity index (χ1) is 11.1. The van der Waals surface area contributed by atoms with Gasteiger partial charge in [0.25, 0.3) is 0 Å². The molecule has 0 aromatic heterocycles. The molecule has 0 fully saturated rings. The van der Waals surface area contributed by atoms with E-state index in [-0.39, 0.29) is 21.0 Å². The third-order valence-corrected chi connectivity index (χ3v) is 5.37. The van der Waals surface area contributed by atoms with Crippen molar-refractivity contribution in [3.8, 4) is 0 Å². The number of rotatable bonds is 4. The normalized spacial score (nSPS) is 12.2. The molecule has 0 aliphatic heterocycles. The van der Waals surface area contributed by atoms with Gasteiger partial charge in [-0.3, -0.25) is 0 Å². The molecule has 24 heavy (non-hydrogen) atoms. The highest BCUT2D eigenvalue weighted by Gasteiger charge is 2.31. The van der Waals surface area contributed by atoms with E-state index in [0.29, 0.717) is 0 Å². The molecule has 0 saturated heterocycles. The van der Waals surface area contributed by atoms with Crippen molar-refractivity contribution in [3.63, 3.8) is 0 Å². The van der Waals surface area contributed by atoms with Crippen molar-refractivity contribution in [2.45, 2.75) is 17.1 Å². The Labute approximate surface area is 145 Å². The van der Waals surface area contributed by atoms with Crippen molar-refractivity contribution in [2.24, 2.45) is 0 Å². The molecule has 0 spiro atoms. The lowest BCUT2D eigenvalue weighted by molar-refractivity contribution is -0.136. The summed E-state index contributed by atoms with van der Waals surface area (Å²) in [6, 6.07) is 15.2. The quantitative estimate of drug-likeness (QED) is 0.661. The summed E-state index contributed by atoms with van der Waals surface area (Å²) in [5.74, 6) is -0.737. The predicted molar refractivity (Wildman–Crippen MR) is 95.2 cm³/mol. The van der Waals surface area contributed by atoms with E-state index in [2.05, 4.69) is 0 Å². The van der Waals surface area contributed by atoms with Gasteiger partial charge < -0.3 is 9.66 Å². The molecule has 1 N–H and O–H groups in total. The van der Waals surface area contributed by atoms with E-state index in [1.807, 2.05) is 49.8 Å². The van der Waals surface area contributed by atoms with Gasteiger partial charge >= 0.3 is 5.97 Å². The van der Waals surface area contributed by atoms with Gasteiger partial charge in [0.15, 0.2) is 0 Å². The summed E-state index contributed by atoms with van der Waals surface area (Å²) >= 11 is 0. The monoisotopic (exact) mass is 368 g/mol. The van der Waals surface area contributed by atoms with Gasteiger partial charge in [0.2, 0.25) is 5.25 Å². The van der Waals surface area contributed by atoms with Crippen LogP contribution in [0.4, 0.5) is 0 Å². The Bertz CT molecular complexity index is 753. The summed E-state index contributed by atoms with van der Waals surface area (Å²) in [4.78, 5) is 10.8. The summed E-state index contributed by atoms with van der Waals surface area (Å²) in [7, 11) is -4.40. The van der Waals surface area contributed by atoms with E-state index in [0.717, 1.165) is 11.1 Å². The molecule has 0 radical (unpaired) electrons. The van der Waals surface area contributed by atoms with Crippen molar-refractivity contribution in [2.75, 3.05) is 12.5 Å². The van der Waals surface area contributed by atoms with Gasteiger partial charge in [0.1, 0.15) is 10.1 Å². The van der Waals surface area contributed by atoms with E-state index in [1.54, 1.807) is 12.1 Å². The van der Waals surface area contributed by atoms with Gasteiger partial charge in [-0.2, -0.15) is 0 Å². The smallest absolute Gasteiger partial charge is 0.361 e. The number of carbonyl (C=O) groups is 1. The Kier molecular flexibility index (Phi) is 7.47. The molecule has 1 unspecified atom stereocenters. The zero-order valence-electron chi connectivity index (χ0n) is 13.7. The SMILES string of the molecule is C[S+](C)C(C(=O)O)c1ccccc1.Cc1ccc(S(=O)(=O)[O-])cc1. The highest BCUT2D eigenvalue weighted by molar-refractivity contribution is 7.96. The molecule has 2 aromatic rings. The van der Waals surface area contributed by atoms with Crippen LogP contribution in [0.1, 0.15) is 16.4 Å². The maximum absolute atomic E-state index is 10.9. The molecule has 2 rings (SSSR count). The van der Waals surface area contributed by atoms with Gasteiger partial charge in [-0.15, -0.1) is 0 Å². The van der Waals surface area contributed by atoms with E-state index in [1.165, 1.54) is 12.1 Å². The number of carboxylic acid groups (broad SMARTS) is 1. The molecule has 130 valence electrons. The fourth-order valence-electron chi connectivity index (χ4n) is 1.95. The van der Waals surface area contributed by atoms with Crippen LogP contribution < -0.4 is 0 Å². The Balaban J connectivity index is 0.000000243. The summed E-state index contributed by atoms with van der Waals surface area (Å²) in [6.07, 6.45) is 3.90. The van der Waals surface area contributed by atoms with Crippen molar-refractivity contribution in [3.05, 3.63) is 65.7 Å². The lowest BCUT2D eigenvalue weighted by Crippen LogP contribution is -2.19. The lowest BCUT2D eigenvalue weighted by Gasteiger charge is -2.08. The molecule has 0 aliphatic rings. The zero-order chi connectivity index (χ0) is 18.3. The molecule has 0 amide bonds. The van der Waals surface area contributed by atoms with Crippen molar-refractivity contribution in [1.82, 2.24) is 0 Å². The number of aryl methyl sites for hydroxylation is 1. The number of hydrogen-bond donors (Lipinski definition) is 1. The minimum atomic E-state index is -4.27. The maximum atomic E-state index is 10.9. The minimum Gasteiger partial charge on any atom is -0.744 e. The first-order valence-electron chi connectivity index (χ1n) is 6.99. The van der Waals surface area contributed by atoms with Crippen LogP contribution in [-0.4, -0.2) is 36.6 Å². The molecule has 5 nitrogen and oxygen atoms in total. The standard InChI is InChI=1S/C10H12O2S.C7H8O3S/c1-13(2)9(10(11)12)8-6-4-3-5-7-8;1-6-2-4-7(5-3-6)11(8,9)10/h3-7,9H,1-2H3;2-5H,1H3,(H,8,9,10). The Hall–Kier alpha value is -1.83. The molecule has 0 heterocycles. The van der Waals surface area contributed by atoms with Crippen molar-refractivity contribution < 1.29 is 22.9 Å². The van der Waals surface area contributed by atoms with Gasteiger partial charge in [0.05, 0.1) is 17.4 Å². The summed E-state index contributed by atoms with van der Waals surface area (Å²) in [6.45, 7) is 1.82. The Morgan fingerprint density at radius 3 is 1.92 bits per heavy atom. The number of benzene rings is 2. The fourth-order valence-corrected chi connectivity index (χ4v) is 3.52.